The molecule has 2 rings (SSSR count). The number of methoxy groups -OCH3 is 2. The Morgan fingerprint density at radius 1 is 1.19 bits per heavy atom. The summed E-state index contributed by atoms with van der Waals surface area (Å²) in [6.07, 6.45) is 2.10. The molecule has 1 fully saturated rings. The molecule has 1 aromatic carbocycles. The Labute approximate surface area is 127 Å². The minimum atomic E-state index is 0.150. The molecule has 0 bridgehead atoms. The molecule has 1 saturated heterocycles. The van der Waals surface area contributed by atoms with Gasteiger partial charge in [0, 0.05) is 37.9 Å². The van der Waals surface area contributed by atoms with Gasteiger partial charge in [0.2, 0.25) is 0 Å². The number of hydrogen-bond donors (Lipinski definition) is 1. The monoisotopic (exact) mass is 294 g/mol. The highest BCUT2D eigenvalue weighted by molar-refractivity contribution is 5.40. The van der Waals surface area contributed by atoms with Crippen molar-refractivity contribution in [2.45, 2.75) is 24.9 Å². The predicted octanol–water partition coefficient (Wildman–Crippen LogP) is 1.81. The first-order chi connectivity index (χ1) is 10.2. The van der Waals surface area contributed by atoms with Crippen molar-refractivity contribution in [3.05, 3.63) is 23.8 Å². The second-order valence-electron chi connectivity index (χ2n) is 5.41. The maximum atomic E-state index is 6.04. The van der Waals surface area contributed by atoms with Crippen LogP contribution < -0.4 is 15.2 Å². The molecule has 1 aliphatic heterocycles. The topological polar surface area (TPSA) is 57.0 Å². The molecule has 1 unspecified atom stereocenters. The molecule has 0 aliphatic carbocycles. The van der Waals surface area contributed by atoms with E-state index in [0.717, 1.165) is 43.1 Å². The van der Waals surface area contributed by atoms with E-state index in [-0.39, 0.29) is 6.04 Å². The van der Waals surface area contributed by atoms with Crippen molar-refractivity contribution in [3.8, 4) is 11.5 Å². The second kappa shape index (κ2) is 7.64. The number of ether oxygens (including phenoxy) is 3. The van der Waals surface area contributed by atoms with Gasteiger partial charge < -0.3 is 19.9 Å². The Morgan fingerprint density at radius 3 is 2.24 bits per heavy atom. The van der Waals surface area contributed by atoms with Gasteiger partial charge >= 0.3 is 0 Å². The van der Waals surface area contributed by atoms with Gasteiger partial charge in [-0.1, -0.05) is 0 Å². The first kappa shape index (κ1) is 16.1. The summed E-state index contributed by atoms with van der Waals surface area (Å²) >= 11 is 0. The van der Waals surface area contributed by atoms with Crippen molar-refractivity contribution in [1.29, 1.82) is 0 Å². The Hall–Kier alpha value is -1.30. The van der Waals surface area contributed by atoms with Gasteiger partial charge in [-0.15, -0.1) is 0 Å². The largest absolute Gasteiger partial charge is 0.497 e. The zero-order valence-electron chi connectivity index (χ0n) is 13.2. The maximum Gasteiger partial charge on any atom is 0.122 e. The fourth-order valence-corrected chi connectivity index (χ4v) is 2.91. The van der Waals surface area contributed by atoms with Crippen molar-refractivity contribution in [2.24, 2.45) is 5.73 Å². The summed E-state index contributed by atoms with van der Waals surface area (Å²) in [4.78, 5) is 2.36. The van der Waals surface area contributed by atoms with E-state index < -0.39 is 0 Å². The van der Waals surface area contributed by atoms with Crippen LogP contribution in [0.5, 0.6) is 11.5 Å². The molecule has 1 aromatic rings. The summed E-state index contributed by atoms with van der Waals surface area (Å²) < 4.78 is 16.2. The molecule has 0 saturated carbocycles. The average Bonchev–Trinajstić information content (AvgIpc) is 2.55. The molecule has 1 atom stereocenters. The quantitative estimate of drug-likeness (QED) is 0.867. The SMILES string of the molecule is COc1cc(OC)cc(C(CN)N(C)C2CCOCC2)c1. The lowest BCUT2D eigenvalue weighted by molar-refractivity contribution is 0.0293. The van der Waals surface area contributed by atoms with Crippen molar-refractivity contribution < 1.29 is 14.2 Å². The highest BCUT2D eigenvalue weighted by Crippen LogP contribution is 2.30. The van der Waals surface area contributed by atoms with Gasteiger partial charge in [0.15, 0.2) is 0 Å². The Morgan fingerprint density at radius 2 is 1.76 bits per heavy atom. The van der Waals surface area contributed by atoms with Crippen LogP contribution in [0.2, 0.25) is 0 Å². The van der Waals surface area contributed by atoms with E-state index in [9.17, 15) is 0 Å². The van der Waals surface area contributed by atoms with Crippen LogP contribution >= 0.6 is 0 Å². The summed E-state index contributed by atoms with van der Waals surface area (Å²) in [5.41, 5.74) is 7.17. The molecule has 5 heteroatoms. The van der Waals surface area contributed by atoms with Crippen LogP contribution in [0.4, 0.5) is 0 Å². The van der Waals surface area contributed by atoms with Crippen LogP contribution in [0.3, 0.4) is 0 Å². The first-order valence-electron chi connectivity index (χ1n) is 7.42. The minimum Gasteiger partial charge on any atom is -0.497 e. The molecule has 0 radical (unpaired) electrons. The number of hydrogen-bond acceptors (Lipinski definition) is 5. The third-order valence-electron chi connectivity index (χ3n) is 4.24. The molecule has 0 aromatic heterocycles. The van der Waals surface area contributed by atoms with Crippen LogP contribution in [0.1, 0.15) is 24.4 Å². The fraction of sp³-hybridized carbons (Fsp3) is 0.625. The number of benzene rings is 1. The van der Waals surface area contributed by atoms with Gasteiger partial charge in [-0.05, 0) is 37.6 Å². The van der Waals surface area contributed by atoms with E-state index in [0.29, 0.717) is 12.6 Å². The molecular formula is C16H26N2O3. The molecule has 0 amide bonds. The van der Waals surface area contributed by atoms with Gasteiger partial charge in [-0.2, -0.15) is 0 Å². The molecule has 1 heterocycles. The number of nitrogens with zero attached hydrogens (tertiary/aromatic N) is 1. The Bertz CT molecular complexity index is 425. The fourth-order valence-electron chi connectivity index (χ4n) is 2.91. The zero-order valence-corrected chi connectivity index (χ0v) is 13.2. The van der Waals surface area contributed by atoms with Gasteiger partial charge in [0.1, 0.15) is 11.5 Å². The molecule has 118 valence electrons. The minimum absolute atomic E-state index is 0.150. The van der Waals surface area contributed by atoms with Crippen LogP contribution in [0, 0.1) is 0 Å². The van der Waals surface area contributed by atoms with E-state index in [1.165, 1.54) is 0 Å². The summed E-state index contributed by atoms with van der Waals surface area (Å²) in [7, 11) is 5.47. The van der Waals surface area contributed by atoms with Gasteiger partial charge in [0.25, 0.3) is 0 Å². The van der Waals surface area contributed by atoms with E-state index in [2.05, 4.69) is 11.9 Å². The highest BCUT2D eigenvalue weighted by atomic mass is 16.5. The summed E-state index contributed by atoms with van der Waals surface area (Å²) in [5, 5.41) is 0. The lowest BCUT2D eigenvalue weighted by Gasteiger charge is -2.37. The second-order valence-corrected chi connectivity index (χ2v) is 5.41. The van der Waals surface area contributed by atoms with Gasteiger partial charge in [0.05, 0.1) is 14.2 Å². The van der Waals surface area contributed by atoms with E-state index in [1.807, 2.05) is 18.2 Å². The van der Waals surface area contributed by atoms with Crippen LogP contribution in [-0.4, -0.2) is 52.0 Å². The maximum absolute atomic E-state index is 6.04. The van der Waals surface area contributed by atoms with Crippen LogP contribution in [0.25, 0.3) is 0 Å². The molecule has 2 N–H and O–H groups in total. The van der Waals surface area contributed by atoms with Crippen molar-refractivity contribution in [3.63, 3.8) is 0 Å². The lowest BCUT2D eigenvalue weighted by atomic mass is 10.00. The third-order valence-corrected chi connectivity index (χ3v) is 4.24. The van der Waals surface area contributed by atoms with Crippen LogP contribution in [0.15, 0.2) is 18.2 Å². The van der Waals surface area contributed by atoms with Crippen molar-refractivity contribution in [2.75, 3.05) is 41.0 Å². The first-order valence-corrected chi connectivity index (χ1v) is 7.42. The number of likely N-dealkylation sites (N-methyl/N-ethyl adjacent to an activating group) is 1. The Balaban J connectivity index is 2.22. The van der Waals surface area contributed by atoms with Crippen LogP contribution in [-0.2, 0) is 4.74 Å². The smallest absolute Gasteiger partial charge is 0.122 e. The predicted molar refractivity (Wildman–Crippen MR) is 82.9 cm³/mol. The highest BCUT2D eigenvalue weighted by Gasteiger charge is 2.25. The molecule has 5 nitrogen and oxygen atoms in total. The third kappa shape index (κ3) is 3.87. The van der Waals surface area contributed by atoms with E-state index in [1.54, 1.807) is 14.2 Å². The molecule has 1 aliphatic rings. The van der Waals surface area contributed by atoms with E-state index in [4.69, 9.17) is 19.9 Å². The zero-order chi connectivity index (χ0) is 15.2. The normalized spacial score (nSPS) is 17.8. The molecule has 0 spiro atoms. The number of nitrogens with two attached hydrogens (primary N) is 1. The lowest BCUT2D eigenvalue weighted by Crippen LogP contribution is -2.41. The average molecular weight is 294 g/mol. The molecular weight excluding hydrogens is 268 g/mol. The van der Waals surface area contributed by atoms with Gasteiger partial charge in [-0.25, -0.2) is 0 Å². The van der Waals surface area contributed by atoms with Crippen molar-refractivity contribution >= 4 is 0 Å². The van der Waals surface area contributed by atoms with Crippen molar-refractivity contribution in [1.82, 2.24) is 4.90 Å². The number of rotatable bonds is 6. The standard InChI is InChI=1S/C16H26N2O3/c1-18(13-4-6-21-7-5-13)16(11-17)12-8-14(19-2)10-15(9-12)20-3/h8-10,13,16H,4-7,11,17H2,1-3H3. The summed E-state index contributed by atoms with van der Waals surface area (Å²) in [5.74, 6) is 1.59. The summed E-state index contributed by atoms with van der Waals surface area (Å²) in [6.45, 7) is 2.21. The molecule has 21 heavy (non-hydrogen) atoms. The van der Waals surface area contributed by atoms with E-state index >= 15 is 0 Å². The summed E-state index contributed by atoms with van der Waals surface area (Å²) in [6, 6.07) is 6.61. The van der Waals surface area contributed by atoms with Gasteiger partial charge in [-0.3, -0.25) is 4.90 Å². The Kier molecular flexibility index (Phi) is 5.85.